The Balaban J connectivity index is 2.40. The number of ether oxygens (including phenoxy) is 1. The molecule has 0 aliphatic carbocycles. The molecule has 0 bridgehead atoms. The van der Waals surface area contributed by atoms with Crippen molar-refractivity contribution in [2.24, 2.45) is 4.99 Å². The Bertz CT molecular complexity index is 573. The molecule has 2 N–H and O–H groups in total. The highest BCUT2D eigenvalue weighted by atomic mass is 32.2. The molecule has 1 unspecified atom stereocenters. The van der Waals surface area contributed by atoms with Gasteiger partial charge in [0.1, 0.15) is 11.9 Å². The van der Waals surface area contributed by atoms with Crippen LogP contribution in [-0.4, -0.2) is 52.1 Å². The van der Waals surface area contributed by atoms with Gasteiger partial charge >= 0.3 is 0 Å². The first-order valence-corrected chi connectivity index (χ1v) is 9.69. The molecule has 0 aromatic heterocycles. The molecule has 0 amide bonds. The molecular weight excluding hydrogens is 314 g/mol. The highest BCUT2D eigenvalue weighted by molar-refractivity contribution is 7.91. The van der Waals surface area contributed by atoms with E-state index in [1.165, 1.54) is 0 Å². The second-order valence-corrected chi connectivity index (χ2v) is 7.55. The van der Waals surface area contributed by atoms with Crippen LogP contribution in [-0.2, 0) is 9.84 Å². The Kier molecular flexibility index (Phi) is 8.47. The Morgan fingerprint density at radius 3 is 2.48 bits per heavy atom. The van der Waals surface area contributed by atoms with Gasteiger partial charge < -0.3 is 15.4 Å². The third-order valence-electron chi connectivity index (χ3n) is 3.37. The van der Waals surface area contributed by atoms with Gasteiger partial charge in [-0.15, -0.1) is 0 Å². The molecule has 0 heterocycles. The van der Waals surface area contributed by atoms with E-state index in [1.807, 2.05) is 30.3 Å². The molecular formula is C16H27N3O3S. The summed E-state index contributed by atoms with van der Waals surface area (Å²) in [6.45, 7) is 4.63. The van der Waals surface area contributed by atoms with Crippen molar-refractivity contribution in [1.82, 2.24) is 10.6 Å². The minimum Gasteiger partial charge on any atom is -0.489 e. The van der Waals surface area contributed by atoms with Crippen LogP contribution in [0.3, 0.4) is 0 Å². The number of aliphatic imine (C=N–C) groups is 1. The van der Waals surface area contributed by atoms with Crippen LogP contribution in [0, 0.1) is 0 Å². The monoisotopic (exact) mass is 341 g/mol. The lowest BCUT2D eigenvalue weighted by Crippen LogP contribution is -2.43. The summed E-state index contributed by atoms with van der Waals surface area (Å²) in [5.41, 5.74) is 0. The average Bonchev–Trinajstić information content (AvgIpc) is 2.57. The van der Waals surface area contributed by atoms with Gasteiger partial charge in [-0.1, -0.05) is 32.0 Å². The first-order chi connectivity index (χ1) is 11.0. The molecule has 0 spiro atoms. The molecule has 23 heavy (non-hydrogen) atoms. The van der Waals surface area contributed by atoms with Gasteiger partial charge in [-0.05, 0) is 18.6 Å². The van der Waals surface area contributed by atoms with Crippen LogP contribution in [0.15, 0.2) is 35.3 Å². The Morgan fingerprint density at radius 1 is 1.22 bits per heavy atom. The van der Waals surface area contributed by atoms with E-state index in [9.17, 15) is 8.42 Å². The molecule has 0 radical (unpaired) electrons. The molecule has 0 saturated carbocycles. The molecule has 0 aliphatic rings. The van der Waals surface area contributed by atoms with Gasteiger partial charge in [0, 0.05) is 19.3 Å². The zero-order valence-electron chi connectivity index (χ0n) is 14.1. The van der Waals surface area contributed by atoms with E-state index >= 15 is 0 Å². The van der Waals surface area contributed by atoms with Gasteiger partial charge in [0.15, 0.2) is 15.8 Å². The number of nitrogens with zero attached hydrogens (tertiary/aromatic N) is 1. The number of para-hydroxylation sites is 1. The number of nitrogens with one attached hydrogen (secondary N) is 2. The number of benzene rings is 1. The third kappa shape index (κ3) is 7.88. The van der Waals surface area contributed by atoms with Crippen molar-refractivity contribution >= 4 is 15.8 Å². The standard InChI is InChI=1S/C16H27N3O3S/c1-4-14(22-15-9-7-6-8-10-15)13-19-16(17-3)18-11-12-23(20,21)5-2/h6-10,14H,4-5,11-13H2,1-3H3,(H2,17,18,19). The number of rotatable bonds is 9. The number of guanidine groups is 1. The smallest absolute Gasteiger partial charge is 0.191 e. The summed E-state index contributed by atoms with van der Waals surface area (Å²) in [6.07, 6.45) is 0.860. The number of hydrogen-bond acceptors (Lipinski definition) is 4. The molecule has 1 atom stereocenters. The summed E-state index contributed by atoms with van der Waals surface area (Å²) in [5, 5.41) is 6.17. The van der Waals surface area contributed by atoms with E-state index in [0.29, 0.717) is 19.0 Å². The lowest BCUT2D eigenvalue weighted by molar-refractivity contribution is 0.199. The lowest BCUT2D eigenvalue weighted by atomic mass is 10.2. The van der Waals surface area contributed by atoms with Gasteiger partial charge in [-0.25, -0.2) is 8.42 Å². The molecule has 6 nitrogen and oxygen atoms in total. The van der Waals surface area contributed by atoms with Crippen LogP contribution in [0.1, 0.15) is 20.3 Å². The minimum absolute atomic E-state index is 0.00956. The van der Waals surface area contributed by atoms with Crippen LogP contribution in [0.2, 0.25) is 0 Å². The van der Waals surface area contributed by atoms with Gasteiger partial charge in [0.25, 0.3) is 0 Å². The van der Waals surface area contributed by atoms with Crippen molar-refractivity contribution in [3.05, 3.63) is 30.3 Å². The molecule has 1 aromatic carbocycles. The van der Waals surface area contributed by atoms with Crippen LogP contribution in [0.5, 0.6) is 5.75 Å². The normalized spacial score (nSPS) is 13.4. The maximum absolute atomic E-state index is 11.5. The van der Waals surface area contributed by atoms with Gasteiger partial charge in [-0.3, -0.25) is 4.99 Å². The number of hydrogen-bond donors (Lipinski definition) is 2. The summed E-state index contributed by atoms with van der Waals surface area (Å²) in [6, 6.07) is 9.66. The second kappa shape index (κ2) is 10.1. The first-order valence-electron chi connectivity index (χ1n) is 7.87. The zero-order chi connectivity index (χ0) is 17.1. The largest absolute Gasteiger partial charge is 0.489 e. The predicted octanol–water partition coefficient (Wildman–Crippen LogP) is 1.44. The fraction of sp³-hybridized carbons (Fsp3) is 0.562. The fourth-order valence-corrected chi connectivity index (χ4v) is 2.56. The molecule has 130 valence electrons. The van der Waals surface area contributed by atoms with E-state index in [1.54, 1.807) is 14.0 Å². The van der Waals surface area contributed by atoms with Crippen molar-refractivity contribution in [2.45, 2.75) is 26.4 Å². The van der Waals surface area contributed by atoms with Crippen LogP contribution in [0.4, 0.5) is 0 Å². The predicted molar refractivity (Wildman–Crippen MR) is 94.8 cm³/mol. The summed E-state index contributed by atoms with van der Waals surface area (Å²) in [7, 11) is -1.31. The molecule has 0 fully saturated rings. The maximum atomic E-state index is 11.5. The molecule has 1 rings (SSSR count). The van der Waals surface area contributed by atoms with Crippen LogP contribution < -0.4 is 15.4 Å². The van der Waals surface area contributed by atoms with Crippen LogP contribution in [0.25, 0.3) is 0 Å². The van der Waals surface area contributed by atoms with Crippen molar-refractivity contribution in [3.8, 4) is 5.75 Å². The van der Waals surface area contributed by atoms with Gasteiger partial charge in [-0.2, -0.15) is 0 Å². The summed E-state index contributed by atoms with van der Waals surface area (Å²) in [4.78, 5) is 4.09. The highest BCUT2D eigenvalue weighted by Crippen LogP contribution is 2.11. The summed E-state index contributed by atoms with van der Waals surface area (Å²) < 4.78 is 28.8. The van der Waals surface area contributed by atoms with Crippen molar-refractivity contribution < 1.29 is 13.2 Å². The van der Waals surface area contributed by atoms with Crippen molar-refractivity contribution in [1.29, 1.82) is 0 Å². The van der Waals surface area contributed by atoms with Crippen LogP contribution >= 0.6 is 0 Å². The molecule has 7 heteroatoms. The van der Waals surface area contributed by atoms with E-state index in [-0.39, 0.29) is 17.6 Å². The average molecular weight is 341 g/mol. The molecule has 0 aliphatic heterocycles. The molecule has 1 aromatic rings. The van der Waals surface area contributed by atoms with E-state index < -0.39 is 9.84 Å². The van der Waals surface area contributed by atoms with Crippen molar-refractivity contribution in [2.75, 3.05) is 31.6 Å². The fourth-order valence-electron chi connectivity index (χ4n) is 1.86. The minimum atomic E-state index is -2.97. The topological polar surface area (TPSA) is 79.8 Å². The van der Waals surface area contributed by atoms with Gasteiger partial charge in [0.2, 0.25) is 0 Å². The zero-order valence-corrected chi connectivity index (χ0v) is 14.9. The SMILES string of the molecule is CCC(CNC(=NC)NCCS(=O)(=O)CC)Oc1ccccc1. The second-order valence-electron chi connectivity index (χ2n) is 5.08. The van der Waals surface area contributed by atoms with E-state index in [4.69, 9.17) is 4.74 Å². The highest BCUT2D eigenvalue weighted by Gasteiger charge is 2.10. The lowest BCUT2D eigenvalue weighted by Gasteiger charge is -2.20. The first kappa shape index (κ1) is 19.3. The Morgan fingerprint density at radius 2 is 1.91 bits per heavy atom. The Hall–Kier alpha value is -1.76. The Labute approximate surface area is 139 Å². The summed E-state index contributed by atoms with van der Waals surface area (Å²) >= 11 is 0. The third-order valence-corrected chi connectivity index (χ3v) is 5.07. The maximum Gasteiger partial charge on any atom is 0.191 e. The van der Waals surface area contributed by atoms with Gasteiger partial charge in [0.05, 0.1) is 12.3 Å². The van der Waals surface area contributed by atoms with E-state index in [2.05, 4.69) is 22.5 Å². The molecule has 0 saturated heterocycles. The number of sulfone groups is 1. The summed E-state index contributed by atoms with van der Waals surface area (Å²) in [5.74, 6) is 1.66. The quantitative estimate of drug-likeness (QED) is 0.525. The van der Waals surface area contributed by atoms with Crippen molar-refractivity contribution in [3.63, 3.8) is 0 Å². The van der Waals surface area contributed by atoms with E-state index in [0.717, 1.165) is 12.2 Å².